The lowest BCUT2D eigenvalue weighted by molar-refractivity contribution is 0.313. The summed E-state index contributed by atoms with van der Waals surface area (Å²) in [5.41, 5.74) is 0.789. The molecule has 0 spiro atoms. The molecule has 20 heavy (non-hydrogen) atoms. The molecule has 1 saturated carbocycles. The van der Waals surface area contributed by atoms with Gasteiger partial charge in [-0.25, -0.2) is 8.78 Å². The fourth-order valence-corrected chi connectivity index (χ4v) is 3.13. The van der Waals surface area contributed by atoms with Gasteiger partial charge in [0.2, 0.25) is 0 Å². The van der Waals surface area contributed by atoms with Gasteiger partial charge in [0.1, 0.15) is 11.6 Å². The van der Waals surface area contributed by atoms with Crippen molar-refractivity contribution in [2.75, 3.05) is 13.1 Å². The Morgan fingerprint density at radius 1 is 1.20 bits per heavy atom. The van der Waals surface area contributed by atoms with Gasteiger partial charge in [0.15, 0.2) is 0 Å². The lowest BCUT2D eigenvalue weighted by Crippen LogP contribution is -2.35. The Morgan fingerprint density at radius 2 is 1.95 bits per heavy atom. The van der Waals surface area contributed by atoms with Crippen molar-refractivity contribution in [1.29, 1.82) is 0 Å². The van der Waals surface area contributed by atoms with Crippen LogP contribution < -0.4 is 5.32 Å². The molecule has 3 rings (SSSR count). The van der Waals surface area contributed by atoms with E-state index < -0.39 is 0 Å². The van der Waals surface area contributed by atoms with Crippen LogP contribution in [0.5, 0.6) is 0 Å². The van der Waals surface area contributed by atoms with Crippen LogP contribution in [0.3, 0.4) is 0 Å². The van der Waals surface area contributed by atoms with Gasteiger partial charge in [-0.2, -0.15) is 0 Å². The molecule has 4 heteroatoms. The molecule has 1 aliphatic heterocycles. The lowest BCUT2D eigenvalue weighted by Gasteiger charge is -2.21. The normalized spacial score (nSPS) is 25.1. The molecule has 0 aromatic heterocycles. The number of nitrogens with one attached hydrogen (secondary N) is 1. The Hall–Kier alpha value is -1.00. The van der Waals surface area contributed by atoms with Crippen LogP contribution in [-0.2, 0) is 0 Å². The van der Waals surface area contributed by atoms with Crippen LogP contribution in [0, 0.1) is 18.6 Å². The quantitative estimate of drug-likeness (QED) is 0.911. The summed E-state index contributed by atoms with van der Waals surface area (Å²) in [4.78, 5) is 2.51. The molecule has 2 fully saturated rings. The number of hydrogen-bond donors (Lipinski definition) is 1. The molecular weight excluding hydrogens is 258 g/mol. The highest BCUT2D eigenvalue weighted by atomic mass is 19.1. The predicted octanol–water partition coefficient (Wildman–Crippen LogP) is 3.16. The molecule has 0 radical (unpaired) electrons. The van der Waals surface area contributed by atoms with E-state index in [9.17, 15) is 8.78 Å². The zero-order valence-electron chi connectivity index (χ0n) is 12.1. The second-order valence-corrected chi connectivity index (χ2v) is 6.22. The Labute approximate surface area is 119 Å². The molecule has 110 valence electrons. The fourth-order valence-electron chi connectivity index (χ4n) is 3.13. The molecule has 0 bridgehead atoms. The average molecular weight is 280 g/mol. The maximum atomic E-state index is 14.0. The van der Waals surface area contributed by atoms with Crippen molar-refractivity contribution in [2.24, 2.45) is 0 Å². The van der Waals surface area contributed by atoms with E-state index in [2.05, 4.69) is 10.2 Å². The maximum Gasteiger partial charge on any atom is 0.128 e. The van der Waals surface area contributed by atoms with Crippen molar-refractivity contribution >= 4 is 0 Å². The van der Waals surface area contributed by atoms with Crippen LogP contribution in [0.4, 0.5) is 8.78 Å². The van der Waals surface area contributed by atoms with E-state index in [4.69, 9.17) is 0 Å². The van der Waals surface area contributed by atoms with Gasteiger partial charge in [-0.05, 0) is 50.8 Å². The molecule has 2 atom stereocenters. The number of likely N-dealkylation sites (tertiary alicyclic amines) is 1. The van der Waals surface area contributed by atoms with Crippen molar-refractivity contribution in [3.05, 3.63) is 34.9 Å². The first-order chi connectivity index (χ1) is 9.54. The van der Waals surface area contributed by atoms with Crippen LogP contribution in [-0.4, -0.2) is 30.1 Å². The Kier molecular flexibility index (Phi) is 3.78. The highest BCUT2D eigenvalue weighted by Gasteiger charge is 2.34. The van der Waals surface area contributed by atoms with Crippen molar-refractivity contribution in [2.45, 2.75) is 51.2 Å². The molecule has 1 saturated heterocycles. The Bertz CT molecular complexity index is 499. The van der Waals surface area contributed by atoms with Gasteiger partial charge < -0.3 is 5.32 Å². The first-order valence-corrected chi connectivity index (χ1v) is 7.50. The van der Waals surface area contributed by atoms with Gasteiger partial charge in [-0.1, -0.05) is 0 Å². The summed E-state index contributed by atoms with van der Waals surface area (Å²) in [5.74, 6) is -0.651. The Morgan fingerprint density at radius 3 is 2.65 bits per heavy atom. The minimum absolute atomic E-state index is 0.158. The molecule has 0 amide bonds. The number of benzene rings is 1. The first kappa shape index (κ1) is 14.0. The van der Waals surface area contributed by atoms with Gasteiger partial charge in [-0.15, -0.1) is 0 Å². The molecule has 1 heterocycles. The van der Waals surface area contributed by atoms with Gasteiger partial charge in [0.25, 0.3) is 0 Å². The molecule has 1 aliphatic carbocycles. The Balaban J connectivity index is 1.64. The van der Waals surface area contributed by atoms with E-state index in [1.165, 1.54) is 25.0 Å². The highest BCUT2D eigenvalue weighted by molar-refractivity contribution is 5.27. The van der Waals surface area contributed by atoms with Gasteiger partial charge in [0, 0.05) is 36.8 Å². The van der Waals surface area contributed by atoms with E-state index in [0.717, 1.165) is 25.6 Å². The third-order valence-corrected chi connectivity index (χ3v) is 4.51. The number of hydrogen-bond acceptors (Lipinski definition) is 2. The van der Waals surface area contributed by atoms with Crippen LogP contribution in [0.25, 0.3) is 0 Å². The zero-order valence-corrected chi connectivity index (χ0v) is 12.1. The third kappa shape index (κ3) is 2.86. The van der Waals surface area contributed by atoms with E-state index in [1.807, 2.05) is 6.92 Å². The van der Waals surface area contributed by atoms with E-state index >= 15 is 0 Å². The summed E-state index contributed by atoms with van der Waals surface area (Å²) < 4.78 is 27.6. The van der Waals surface area contributed by atoms with Crippen LogP contribution in [0.15, 0.2) is 12.1 Å². The number of rotatable bonds is 4. The number of nitrogens with zero attached hydrogens (tertiary/aromatic N) is 1. The summed E-state index contributed by atoms with van der Waals surface area (Å²) >= 11 is 0. The van der Waals surface area contributed by atoms with Crippen LogP contribution in [0.1, 0.15) is 43.4 Å². The zero-order chi connectivity index (χ0) is 14.3. The van der Waals surface area contributed by atoms with Crippen molar-refractivity contribution in [3.63, 3.8) is 0 Å². The molecule has 2 nitrogen and oxygen atoms in total. The predicted molar refractivity (Wildman–Crippen MR) is 75.6 cm³/mol. The second kappa shape index (κ2) is 5.41. The third-order valence-electron chi connectivity index (χ3n) is 4.51. The van der Waals surface area contributed by atoms with Gasteiger partial charge >= 0.3 is 0 Å². The maximum absolute atomic E-state index is 14.0. The van der Waals surface area contributed by atoms with Crippen molar-refractivity contribution < 1.29 is 8.78 Å². The summed E-state index contributed by atoms with van der Waals surface area (Å²) in [6.45, 7) is 5.66. The molecule has 1 aromatic carbocycles. The van der Waals surface area contributed by atoms with Crippen molar-refractivity contribution in [3.8, 4) is 0 Å². The number of halogens is 2. The monoisotopic (exact) mass is 280 g/mol. The van der Waals surface area contributed by atoms with E-state index in [1.54, 1.807) is 6.92 Å². The first-order valence-electron chi connectivity index (χ1n) is 7.50. The minimum Gasteiger partial charge on any atom is -0.306 e. The minimum atomic E-state index is -0.332. The smallest absolute Gasteiger partial charge is 0.128 e. The molecule has 1 aromatic rings. The van der Waals surface area contributed by atoms with Gasteiger partial charge in [-0.3, -0.25) is 4.90 Å². The van der Waals surface area contributed by atoms with Gasteiger partial charge in [0.05, 0.1) is 0 Å². The SMILES string of the molecule is Cc1cc(F)c(C(C)NC2CCN(C3CC3)C2)cc1F. The fraction of sp³-hybridized carbons (Fsp3) is 0.625. The van der Waals surface area contributed by atoms with E-state index in [-0.39, 0.29) is 17.7 Å². The summed E-state index contributed by atoms with van der Waals surface area (Å²) in [7, 11) is 0. The largest absolute Gasteiger partial charge is 0.306 e. The summed E-state index contributed by atoms with van der Waals surface area (Å²) in [5, 5.41) is 3.45. The average Bonchev–Trinajstić information content (AvgIpc) is 3.15. The standard InChI is InChI=1S/C16H22F2N2/c1-10-7-16(18)14(8-15(10)17)11(2)19-12-5-6-20(9-12)13-3-4-13/h7-8,11-13,19H,3-6,9H2,1-2H3. The summed E-state index contributed by atoms with van der Waals surface area (Å²) in [6.07, 6.45) is 3.73. The molecule has 1 N–H and O–H groups in total. The topological polar surface area (TPSA) is 15.3 Å². The van der Waals surface area contributed by atoms with Crippen molar-refractivity contribution in [1.82, 2.24) is 10.2 Å². The van der Waals surface area contributed by atoms with Crippen LogP contribution >= 0.6 is 0 Å². The van der Waals surface area contributed by atoms with E-state index in [0.29, 0.717) is 17.2 Å². The number of aryl methyl sites for hydroxylation is 1. The molecule has 2 aliphatic rings. The molecular formula is C16H22F2N2. The summed E-state index contributed by atoms with van der Waals surface area (Å²) in [6, 6.07) is 3.62. The molecule has 2 unspecified atom stereocenters. The van der Waals surface area contributed by atoms with Crippen LogP contribution in [0.2, 0.25) is 0 Å². The highest BCUT2D eigenvalue weighted by Crippen LogP contribution is 2.30. The lowest BCUT2D eigenvalue weighted by atomic mass is 10.0. The second-order valence-electron chi connectivity index (χ2n) is 6.22.